The van der Waals surface area contributed by atoms with E-state index < -0.39 is 0 Å². The van der Waals surface area contributed by atoms with Crippen LogP contribution in [0.4, 0.5) is 11.4 Å². The van der Waals surface area contributed by atoms with E-state index in [-0.39, 0.29) is 17.9 Å². The fourth-order valence-electron chi connectivity index (χ4n) is 5.59. The van der Waals surface area contributed by atoms with E-state index in [1.165, 1.54) is 31.2 Å². The Bertz CT molecular complexity index is 974. The lowest BCUT2D eigenvalue weighted by molar-refractivity contribution is -0.116. The van der Waals surface area contributed by atoms with Gasteiger partial charge in [0.25, 0.3) is 5.91 Å². The molecule has 2 N–H and O–H groups in total. The summed E-state index contributed by atoms with van der Waals surface area (Å²) in [5.74, 6) is 1.32. The predicted octanol–water partition coefficient (Wildman–Crippen LogP) is 6.19. The number of carbonyl (C=O) groups is 2. The zero-order chi connectivity index (χ0) is 24.6. The van der Waals surface area contributed by atoms with Gasteiger partial charge >= 0.3 is 0 Å². The Morgan fingerprint density at radius 2 is 1.66 bits per heavy atom. The molecule has 5 nitrogen and oxygen atoms in total. The highest BCUT2D eigenvalue weighted by Crippen LogP contribution is 2.31. The minimum atomic E-state index is -0.0801. The summed E-state index contributed by atoms with van der Waals surface area (Å²) < 4.78 is 0. The maximum absolute atomic E-state index is 13.1. The van der Waals surface area contributed by atoms with Crippen LogP contribution in [0.3, 0.4) is 0 Å². The first-order chi connectivity index (χ1) is 17.0. The first-order valence-electron chi connectivity index (χ1n) is 13.5. The van der Waals surface area contributed by atoms with Crippen LogP contribution >= 0.6 is 0 Å². The SMILES string of the molecule is CC(C)NC(=O)c1cc(NC(=O)CCC2CCCC2)ccc1N1CCC(Cc2ccccc2)CC1. The molecule has 2 aromatic rings. The van der Waals surface area contributed by atoms with Gasteiger partial charge in [-0.25, -0.2) is 0 Å². The number of piperidine rings is 1. The quantitative estimate of drug-likeness (QED) is 0.454. The second kappa shape index (κ2) is 12.2. The van der Waals surface area contributed by atoms with Crippen molar-refractivity contribution >= 4 is 23.2 Å². The van der Waals surface area contributed by atoms with Crippen molar-refractivity contribution in [3.8, 4) is 0 Å². The van der Waals surface area contributed by atoms with E-state index >= 15 is 0 Å². The van der Waals surface area contributed by atoms with E-state index in [1.807, 2.05) is 32.0 Å². The second-order valence-corrected chi connectivity index (χ2v) is 10.7. The summed E-state index contributed by atoms with van der Waals surface area (Å²) in [6, 6.07) is 16.6. The Morgan fingerprint density at radius 3 is 2.34 bits per heavy atom. The van der Waals surface area contributed by atoms with Gasteiger partial charge in [-0.15, -0.1) is 0 Å². The standard InChI is InChI=1S/C30H41N3O2/c1-22(2)31-30(35)27-21-26(32-29(34)15-12-23-8-6-7-9-23)13-14-28(27)33-18-16-25(17-19-33)20-24-10-4-3-5-11-24/h3-5,10-11,13-14,21-23,25H,6-9,12,15-20H2,1-2H3,(H,31,35)(H,32,34). The van der Waals surface area contributed by atoms with E-state index in [0.717, 1.165) is 44.5 Å². The number of hydrogen-bond acceptors (Lipinski definition) is 3. The Kier molecular flexibility index (Phi) is 8.84. The van der Waals surface area contributed by atoms with E-state index in [2.05, 4.69) is 45.9 Å². The van der Waals surface area contributed by atoms with Gasteiger partial charge in [0.05, 0.1) is 5.56 Å². The molecular weight excluding hydrogens is 434 g/mol. The second-order valence-electron chi connectivity index (χ2n) is 10.7. The summed E-state index contributed by atoms with van der Waals surface area (Å²) >= 11 is 0. The van der Waals surface area contributed by atoms with Crippen LogP contribution in [0.25, 0.3) is 0 Å². The zero-order valence-corrected chi connectivity index (χ0v) is 21.4. The molecule has 4 rings (SSSR count). The van der Waals surface area contributed by atoms with Crippen LogP contribution in [0.15, 0.2) is 48.5 Å². The monoisotopic (exact) mass is 475 g/mol. The molecule has 1 saturated heterocycles. The molecule has 1 heterocycles. The zero-order valence-electron chi connectivity index (χ0n) is 21.4. The Hall–Kier alpha value is -2.82. The lowest BCUT2D eigenvalue weighted by atomic mass is 9.89. The molecule has 0 radical (unpaired) electrons. The number of hydrogen-bond donors (Lipinski definition) is 2. The largest absolute Gasteiger partial charge is 0.371 e. The number of anilines is 2. The molecule has 1 aliphatic heterocycles. The first-order valence-corrected chi connectivity index (χ1v) is 13.5. The van der Waals surface area contributed by atoms with Gasteiger partial charge in [-0.1, -0.05) is 56.0 Å². The smallest absolute Gasteiger partial charge is 0.253 e. The summed E-state index contributed by atoms with van der Waals surface area (Å²) in [6.07, 6.45) is 9.95. The third-order valence-electron chi connectivity index (χ3n) is 7.52. The van der Waals surface area contributed by atoms with Crippen molar-refractivity contribution in [2.45, 2.75) is 77.7 Å². The third-order valence-corrected chi connectivity index (χ3v) is 7.52. The van der Waals surface area contributed by atoms with Crippen molar-refractivity contribution in [3.05, 3.63) is 59.7 Å². The van der Waals surface area contributed by atoms with Gasteiger partial charge in [-0.05, 0) is 75.1 Å². The van der Waals surface area contributed by atoms with Gasteiger partial charge in [-0.2, -0.15) is 0 Å². The van der Waals surface area contributed by atoms with Crippen LogP contribution in [0.2, 0.25) is 0 Å². The average molecular weight is 476 g/mol. The first kappa shape index (κ1) is 25.3. The minimum Gasteiger partial charge on any atom is -0.371 e. The lowest BCUT2D eigenvalue weighted by Gasteiger charge is -2.35. The van der Waals surface area contributed by atoms with Gasteiger partial charge in [0.2, 0.25) is 5.91 Å². The molecule has 2 aromatic carbocycles. The van der Waals surface area contributed by atoms with Crippen LogP contribution in [-0.2, 0) is 11.2 Å². The number of rotatable bonds is 9. The molecule has 1 aliphatic carbocycles. The summed E-state index contributed by atoms with van der Waals surface area (Å²) in [7, 11) is 0. The van der Waals surface area contributed by atoms with E-state index in [9.17, 15) is 9.59 Å². The van der Waals surface area contributed by atoms with Crippen LogP contribution in [0.1, 0.15) is 81.1 Å². The lowest BCUT2D eigenvalue weighted by Crippen LogP contribution is -2.37. The molecule has 0 spiro atoms. The van der Waals surface area contributed by atoms with Crippen LogP contribution in [0, 0.1) is 11.8 Å². The highest BCUT2D eigenvalue weighted by atomic mass is 16.2. The summed E-state index contributed by atoms with van der Waals surface area (Å²) in [6.45, 7) is 5.82. The maximum Gasteiger partial charge on any atom is 0.253 e. The maximum atomic E-state index is 13.1. The summed E-state index contributed by atoms with van der Waals surface area (Å²) in [5, 5.41) is 6.09. The molecule has 5 heteroatoms. The molecule has 0 bridgehead atoms. The topological polar surface area (TPSA) is 61.4 Å². The Labute approximate surface area is 210 Å². The fraction of sp³-hybridized carbons (Fsp3) is 0.533. The highest BCUT2D eigenvalue weighted by molar-refractivity contribution is 6.02. The van der Waals surface area contributed by atoms with Crippen LogP contribution in [0.5, 0.6) is 0 Å². The molecule has 2 fully saturated rings. The molecular formula is C30H41N3O2. The number of nitrogens with zero attached hydrogens (tertiary/aromatic N) is 1. The molecule has 0 unspecified atom stereocenters. The molecule has 0 aromatic heterocycles. The molecule has 2 aliphatic rings. The molecule has 35 heavy (non-hydrogen) atoms. The van der Waals surface area contributed by atoms with Crippen LogP contribution in [-0.4, -0.2) is 30.9 Å². The molecule has 1 saturated carbocycles. The van der Waals surface area contributed by atoms with Crippen molar-refractivity contribution in [2.24, 2.45) is 11.8 Å². The Balaban J connectivity index is 1.41. The van der Waals surface area contributed by atoms with Crippen molar-refractivity contribution < 1.29 is 9.59 Å². The van der Waals surface area contributed by atoms with Gasteiger partial charge in [-0.3, -0.25) is 9.59 Å². The average Bonchev–Trinajstić information content (AvgIpc) is 3.37. The van der Waals surface area contributed by atoms with Crippen molar-refractivity contribution in [1.29, 1.82) is 0 Å². The van der Waals surface area contributed by atoms with Crippen molar-refractivity contribution in [2.75, 3.05) is 23.3 Å². The van der Waals surface area contributed by atoms with Crippen LogP contribution < -0.4 is 15.5 Å². The fourth-order valence-corrected chi connectivity index (χ4v) is 5.59. The normalized spacial score (nSPS) is 17.1. The number of nitrogens with one attached hydrogen (secondary N) is 2. The molecule has 0 atom stereocenters. The van der Waals surface area contributed by atoms with Gasteiger partial charge in [0, 0.05) is 36.9 Å². The number of carbonyl (C=O) groups excluding carboxylic acids is 2. The third kappa shape index (κ3) is 7.33. The minimum absolute atomic E-state index is 0.0431. The number of benzene rings is 2. The highest BCUT2D eigenvalue weighted by Gasteiger charge is 2.24. The Morgan fingerprint density at radius 1 is 0.943 bits per heavy atom. The van der Waals surface area contributed by atoms with Gasteiger partial charge < -0.3 is 15.5 Å². The summed E-state index contributed by atoms with van der Waals surface area (Å²) in [4.78, 5) is 28.0. The van der Waals surface area contributed by atoms with Gasteiger partial charge in [0.1, 0.15) is 0 Å². The predicted molar refractivity (Wildman–Crippen MR) is 144 cm³/mol. The van der Waals surface area contributed by atoms with Crippen molar-refractivity contribution in [1.82, 2.24) is 5.32 Å². The number of amides is 2. The van der Waals surface area contributed by atoms with E-state index in [4.69, 9.17) is 0 Å². The van der Waals surface area contributed by atoms with E-state index in [0.29, 0.717) is 29.5 Å². The molecule has 188 valence electrons. The van der Waals surface area contributed by atoms with Crippen molar-refractivity contribution in [3.63, 3.8) is 0 Å². The van der Waals surface area contributed by atoms with E-state index in [1.54, 1.807) is 0 Å². The van der Waals surface area contributed by atoms with Gasteiger partial charge in [0.15, 0.2) is 0 Å². The molecule has 2 amide bonds. The summed E-state index contributed by atoms with van der Waals surface area (Å²) in [5.41, 5.74) is 3.72.